The second-order valence-electron chi connectivity index (χ2n) is 0. The molecule has 0 amide bonds. The molecule has 2 N–H and O–H groups in total. The van der Waals surface area contributed by atoms with E-state index in [0.717, 1.165) is 0 Å². The third-order valence-electron chi connectivity index (χ3n) is 0. The fraction of sp³-hybridized carbons (Fsp3) is 0.750. The summed E-state index contributed by atoms with van der Waals surface area (Å²) < 4.78 is 7.50. The van der Waals surface area contributed by atoms with E-state index in [1.807, 2.05) is 0 Å². The van der Waals surface area contributed by atoms with E-state index in [4.69, 9.17) is 4.65 Å². The Morgan fingerprint density at radius 3 is 1.00 bits per heavy atom. The van der Waals surface area contributed by atoms with Crippen LogP contribution in [0, 0.1) is 6.65 Å². The smallest absolute Gasteiger partial charge is 0 e. The first kappa shape index (κ1) is 257. The van der Waals surface area contributed by atoms with Gasteiger partial charge in [0.25, 0.3) is 0 Å². The Balaban J connectivity index is -0.000000000179. The van der Waals surface area contributed by atoms with Crippen LogP contribution in [-0.4, -0.2) is 5.48 Å². The first-order valence-electron chi connectivity index (χ1n) is 0.204. The van der Waals surface area contributed by atoms with Crippen molar-refractivity contribution in [1.82, 2.24) is 0 Å². The Morgan fingerprint density at radius 1 is 1.00 bits per heavy atom. The molecule has 0 fully saturated rings. The minimum absolute atomic E-state index is 0. The molecule has 50 valence electrons. The Morgan fingerprint density at radius 2 is 1.00 bits per heavy atom. The standard InChI is InChI=1S/CO.3CH4.H2O.4H2/c1-2;;;;;;;;/h;3*1H4;1H2;4*1H. The molecule has 0 aliphatic rings. The maximum Gasteiger partial charge on any atom is 0 e. The first-order valence-corrected chi connectivity index (χ1v) is 0.204. The fourth-order valence-electron chi connectivity index (χ4n) is 0. The molecular formula is C4H22O2. The summed E-state index contributed by atoms with van der Waals surface area (Å²) in [6.45, 7) is 4.50. The van der Waals surface area contributed by atoms with Crippen molar-refractivity contribution in [2.75, 3.05) is 0 Å². The van der Waals surface area contributed by atoms with Crippen LogP contribution in [0.5, 0.6) is 0 Å². The van der Waals surface area contributed by atoms with Crippen LogP contribution in [0.2, 0.25) is 0 Å². The molecule has 0 spiro atoms. The number of hydrogen-bond acceptors (Lipinski definition) is 0. The molecule has 0 aromatic heterocycles. The van der Waals surface area contributed by atoms with Gasteiger partial charge in [0.1, 0.15) is 0 Å². The van der Waals surface area contributed by atoms with E-state index in [1.54, 1.807) is 0 Å². The fourth-order valence-corrected chi connectivity index (χ4v) is 0. The van der Waals surface area contributed by atoms with E-state index in [1.165, 1.54) is 0 Å². The zero-order valence-electron chi connectivity index (χ0n) is 1.41. The molecule has 0 atom stereocenters. The third kappa shape index (κ3) is 300. The monoisotopic (exact) mass is 102 g/mol. The van der Waals surface area contributed by atoms with Crippen LogP contribution >= 0.6 is 0 Å². The van der Waals surface area contributed by atoms with Crippen molar-refractivity contribution in [3.05, 3.63) is 6.65 Å². The molecule has 0 radical (unpaired) electrons. The molecule has 6 heavy (non-hydrogen) atoms. The zero-order chi connectivity index (χ0) is 2.00. The summed E-state index contributed by atoms with van der Waals surface area (Å²) in [5, 5.41) is 0. The van der Waals surface area contributed by atoms with Crippen LogP contribution in [0.4, 0.5) is 0 Å². The Hall–Kier alpha value is -0.300. The second kappa shape index (κ2) is 715. The van der Waals surface area contributed by atoms with E-state index in [9.17, 15) is 0 Å². The molecular weight excluding hydrogens is 80.0 g/mol. The van der Waals surface area contributed by atoms with Gasteiger partial charge in [0.2, 0.25) is 0 Å². The second-order valence-corrected chi connectivity index (χ2v) is 0. The molecule has 0 bridgehead atoms. The van der Waals surface area contributed by atoms with Crippen LogP contribution in [-0.2, 0) is 4.65 Å². The van der Waals surface area contributed by atoms with Crippen LogP contribution in [0.15, 0.2) is 0 Å². The Bertz CT molecular complexity index is 20.0. The van der Waals surface area contributed by atoms with Gasteiger partial charge in [-0.25, -0.2) is 0 Å². The minimum atomic E-state index is 0. The van der Waals surface area contributed by atoms with Crippen molar-refractivity contribution >= 4 is 0 Å². The van der Waals surface area contributed by atoms with Crippen molar-refractivity contribution in [2.24, 2.45) is 0 Å². The van der Waals surface area contributed by atoms with E-state index in [0.29, 0.717) is 0 Å². The summed E-state index contributed by atoms with van der Waals surface area (Å²) in [6, 6.07) is 0. The summed E-state index contributed by atoms with van der Waals surface area (Å²) in [7, 11) is 0. The normalized spacial score (nSPS) is 0.333. The molecule has 0 heterocycles. The van der Waals surface area contributed by atoms with Gasteiger partial charge in [-0.05, 0) is 0 Å². The maximum atomic E-state index is 7.50. The zero-order valence-corrected chi connectivity index (χ0v) is 1.41. The minimum Gasteiger partial charge on any atom is 0 e. The van der Waals surface area contributed by atoms with Crippen molar-refractivity contribution in [1.29, 1.82) is 0 Å². The SMILES string of the molecule is C.C.C.O.[C-]#[O+].[HH].[HH].[HH].[HH]. The van der Waals surface area contributed by atoms with Crippen molar-refractivity contribution < 1.29 is 15.8 Å². The Labute approximate surface area is 46.2 Å². The summed E-state index contributed by atoms with van der Waals surface area (Å²) in [5.74, 6) is 0. The van der Waals surface area contributed by atoms with Crippen molar-refractivity contribution in [3.8, 4) is 0 Å². The van der Waals surface area contributed by atoms with Crippen LogP contribution in [0.25, 0.3) is 0 Å². The van der Waals surface area contributed by atoms with Gasteiger partial charge < -0.3 is 5.48 Å². The summed E-state index contributed by atoms with van der Waals surface area (Å²) >= 11 is 0. The average molecular weight is 102 g/mol. The summed E-state index contributed by atoms with van der Waals surface area (Å²) in [5.41, 5.74) is 0. The van der Waals surface area contributed by atoms with Crippen molar-refractivity contribution in [3.63, 3.8) is 0 Å². The van der Waals surface area contributed by atoms with Crippen molar-refractivity contribution in [2.45, 2.75) is 22.3 Å². The van der Waals surface area contributed by atoms with Gasteiger partial charge in [-0.1, -0.05) is 22.3 Å². The largest absolute Gasteiger partial charge is 0 e. The molecule has 0 aromatic rings. The molecule has 0 aliphatic carbocycles. The number of hydrogen-bond donors (Lipinski definition) is 0. The molecule has 0 saturated carbocycles. The van der Waals surface area contributed by atoms with Crippen LogP contribution in [0.1, 0.15) is 28.0 Å². The molecule has 0 rings (SSSR count). The van der Waals surface area contributed by atoms with Crippen LogP contribution < -0.4 is 0 Å². The topological polar surface area (TPSA) is 51.4 Å². The molecule has 0 aliphatic heterocycles. The molecule has 2 heteroatoms. The molecule has 0 saturated heterocycles. The summed E-state index contributed by atoms with van der Waals surface area (Å²) in [4.78, 5) is 0. The van der Waals surface area contributed by atoms with E-state index in [-0.39, 0.29) is 33.5 Å². The van der Waals surface area contributed by atoms with Gasteiger partial charge >= 0.3 is 11.3 Å². The first-order chi connectivity index (χ1) is 1.00. The van der Waals surface area contributed by atoms with Gasteiger partial charge in [-0.3, -0.25) is 0 Å². The Kier molecular flexibility index (Phi) is 30600. The quantitative estimate of drug-likeness (QED) is 0.332. The van der Waals surface area contributed by atoms with Gasteiger partial charge in [-0.15, -0.1) is 0 Å². The van der Waals surface area contributed by atoms with Gasteiger partial charge in [0.05, 0.1) is 0 Å². The number of rotatable bonds is 0. The van der Waals surface area contributed by atoms with Gasteiger partial charge in [0.15, 0.2) is 0 Å². The molecule has 2 nitrogen and oxygen atoms in total. The molecule has 0 unspecified atom stereocenters. The maximum absolute atomic E-state index is 7.50. The van der Waals surface area contributed by atoms with Gasteiger partial charge in [-0.2, -0.15) is 0 Å². The van der Waals surface area contributed by atoms with E-state index >= 15 is 0 Å². The third-order valence-corrected chi connectivity index (χ3v) is 0. The molecule has 0 aromatic carbocycles. The van der Waals surface area contributed by atoms with Crippen LogP contribution in [0.3, 0.4) is 0 Å². The predicted molar refractivity (Wildman–Crippen MR) is 36.2 cm³/mol. The average Bonchev–Trinajstić information content (AvgIpc) is 1.00. The van der Waals surface area contributed by atoms with Gasteiger partial charge in [0, 0.05) is 5.71 Å². The predicted octanol–water partition coefficient (Wildman–Crippen LogP) is 2.03. The summed E-state index contributed by atoms with van der Waals surface area (Å²) in [6.07, 6.45) is 0. The van der Waals surface area contributed by atoms with E-state index in [2.05, 4.69) is 6.65 Å². The van der Waals surface area contributed by atoms with E-state index < -0.39 is 0 Å².